The van der Waals surface area contributed by atoms with E-state index in [-0.39, 0.29) is 16.3 Å². The Morgan fingerprint density at radius 1 is 0.969 bits per heavy atom. The quantitative estimate of drug-likeness (QED) is 0.443. The third kappa shape index (κ3) is 6.23. The zero-order chi connectivity index (χ0) is 23.1. The van der Waals surface area contributed by atoms with E-state index in [2.05, 4.69) is 10.0 Å². The minimum atomic E-state index is -4.07. The zero-order valence-corrected chi connectivity index (χ0v) is 19.5. The largest absolute Gasteiger partial charge is 0.492 e. The molecule has 32 heavy (non-hydrogen) atoms. The number of ether oxygens (including phenoxy) is 1. The number of amides is 1. The summed E-state index contributed by atoms with van der Waals surface area (Å²) in [6.45, 7) is 2.19. The van der Waals surface area contributed by atoms with Crippen LogP contribution in [0.5, 0.6) is 5.75 Å². The van der Waals surface area contributed by atoms with Crippen molar-refractivity contribution in [3.8, 4) is 5.75 Å². The van der Waals surface area contributed by atoms with Crippen LogP contribution >= 0.6 is 23.2 Å². The van der Waals surface area contributed by atoms with Gasteiger partial charge in [0, 0.05) is 0 Å². The molecular weight excluding hydrogens is 471 g/mol. The minimum absolute atomic E-state index is 0.0745. The molecule has 3 rings (SSSR count). The van der Waals surface area contributed by atoms with Gasteiger partial charge in [0.25, 0.3) is 0 Å². The number of carbonyl (C=O) groups is 1. The van der Waals surface area contributed by atoms with E-state index < -0.39 is 22.0 Å². The van der Waals surface area contributed by atoms with Crippen LogP contribution < -0.4 is 14.8 Å². The number of benzene rings is 3. The van der Waals surface area contributed by atoms with E-state index >= 15 is 0 Å². The highest BCUT2D eigenvalue weighted by molar-refractivity contribution is 7.89. The number of sulfonamides is 1. The van der Waals surface area contributed by atoms with Crippen LogP contribution in [0.2, 0.25) is 10.0 Å². The fourth-order valence-corrected chi connectivity index (χ4v) is 4.70. The first kappa shape index (κ1) is 24.1. The average molecular weight is 493 g/mol. The minimum Gasteiger partial charge on any atom is -0.492 e. The van der Waals surface area contributed by atoms with E-state index in [4.69, 9.17) is 27.9 Å². The summed E-state index contributed by atoms with van der Waals surface area (Å²) in [5.41, 5.74) is 1.18. The summed E-state index contributed by atoms with van der Waals surface area (Å²) in [6, 6.07) is 18.9. The lowest BCUT2D eigenvalue weighted by Crippen LogP contribution is -2.45. The molecule has 0 unspecified atom stereocenters. The Morgan fingerprint density at radius 2 is 1.66 bits per heavy atom. The Morgan fingerprint density at radius 3 is 2.31 bits per heavy atom. The first-order valence-corrected chi connectivity index (χ1v) is 12.1. The second kappa shape index (κ2) is 10.8. The molecule has 1 amide bonds. The predicted molar refractivity (Wildman–Crippen MR) is 127 cm³/mol. The Hall–Kier alpha value is -2.58. The van der Waals surface area contributed by atoms with Crippen LogP contribution in [0.25, 0.3) is 0 Å². The number of rotatable bonds is 9. The Bertz CT molecular complexity index is 1190. The van der Waals surface area contributed by atoms with Gasteiger partial charge >= 0.3 is 0 Å². The second-order valence-corrected chi connectivity index (χ2v) is 9.39. The molecule has 9 heteroatoms. The third-order valence-electron chi connectivity index (χ3n) is 4.54. The molecule has 3 aromatic carbocycles. The van der Waals surface area contributed by atoms with Crippen molar-refractivity contribution in [3.63, 3.8) is 0 Å². The number of nitrogens with one attached hydrogen (secondary N) is 2. The highest BCUT2D eigenvalue weighted by Crippen LogP contribution is 2.27. The van der Waals surface area contributed by atoms with Crippen LogP contribution in [-0.4, -0.2) is 27.0 Å². The van der Waals surface area contributed by atoms with Crippen molar-refractivity contribution in [1.82, 2.24) is 4.72 Å². The van der Waals surface area contributed by atoms with Crippen molar-refractivity contribution in [2.24, 2.45) is 0 Å². The molecule has 0 aliphatic rings. The topological polar surface area (TPSA) is 84.5 Å². The summed E-state index contributed by atoms with van der Waals surface area (Å²) in [6.07, 6.45) is 0.140. The summed E-state index contributed by atoms with van der Waals surface area (Å²) >= 11 is 12.3. The molecular formula is C23H22Cl2N2O4S. The van der Waals surface area contributed by atoms with Gasteiger partial charge in [-0.2, -0.15) is 4.72 Å². The molecule has 0 saturated carbocycles. The first-order valence-electron chi connectivity index (χ1n) is 9.84. The lowest BCUT2D eigenvalue weighted by atomic mass is 10.1. The third-order valence-corrected chi connectivity index (χ3v) is 6.64. The highest BCUT2D eigenvalue weighted by atomic mass is 35.5. The fourth-order valence-electron chi connectivity index (χ4n) is 3.00. The number of hydrogen-bond acceptors (Lipinski definition) is 4. The van der Waals surface area contributed by atoms with Crippen molar-refractivity contribution < 1.29 is 17.9 Å². The van der Waals surface area contributed by atoms with Gasteiger partial charge in [0.05, 0.1) is 27.2 Å². The maximum absolute atomic E-state index is 13.1. The molecule has 0 spiro atoms. The molecule has 2 N–H and O–H groups in total. The van der Waals surface area contributed by atoms with Gasteiger partial charge < -0.3 is 10.1 Å². The van der Waals surface area contributed by atoms with E-state index in [1.54, 1.807) is 31.2 Å². The van der Waals surface area contributed by atoms with Gasteiger partial charge in [-0.3, -0.25) is 4.79 Å². The SMILES string of the molecule is CCOc1ccc(S(=O)(=O)N[C@H](Cc2ccccc2)C(=O)Nc2ccccc2Cl)cc1Cl. The predicted octanol–water partition coefficient (Wildman–Crippen LogP) is 4.92. The normalized spacial score (nSPS) is 12.2. The molecule has 168 valence electrons. The number of anilines is 1. The molecule has 0 aromatic heterocycles. The Balaban J connectivity index is 1.88. The van der Waals surface area contributed by atoms with Gasteiger partial charge in [-0.05, 0) is 49.2 Å². The number of hydrogen-bond donors (Lipinski definition) is 2. The maximum Gasteiger partial charge on any atom is 0.242 e. The van der Waals surface area contributed by atoms with Crippen LogP contribution in [0.1, 0.15) is 12.5 Å². The molecule has 6 nitrogen and oxygen atoms in total. The molecule has 0 saturated heterocycles. The Kier molecular flexibility index (Phi) is 8.15. The summed E-state index contributed by atoms with van der Waals surface area (Å²) in [5.74, 6) is -0.159. The van der Waals surface area contributed by atoms with Gasteiger partial charge in [0.2, 0.25) is 15.9 Å². The van der Waals surface area contributed by atoms with Gasteiger partial charge in [-0.15, -0.1) is 0 Å². The van der Waals surface area contributed by atoms with E-state index in [1.807, 2.05) is 30.3 Å². The second-order valence-electron chi connectivity index (χ2n) is 6.86. The van der Waals surface area contributed by atoms with Crippen LogP contribution in [-0.2, 0) is 21.2 Å². The van der Waals surface area contributed by atoms with Gasteiger partial charge in [-0.1, -0.05) is 65.7 Å². The van der Waals surface area contributed by atoms with Crippen LogP contribution in [0.4, 0.5) is 5.69 Å². The van der Waals surface area contributed by atoms with E-state index in [0.717, 1.165) is 5.56 Å². The first-order chi connectivity index (χ1) is 15.3. The molecule has 1 atom stereocenters. The van der Waals surface area contributed by atoms with E-state index in [0.29, 0.717) is 23.1 Å². The van der Waals surface area contributed by atoms with Crippen LogP contribution in [0.15, 0.2) is 77.7 Å². The maximum atomic E-state index is 13.1. The van der Waals surface area contributed by atoms with Crippen molar-refractivity contribution >= 4 is 44.8 Å². The van der Waals surface area contributed by atoms with Gasteiger partial charge in [0.15, 0.2) is 0 Å². The summed E-state index contributed by atoms with van der Waals surface area (Å²) in [4.78, 5) is 13.0. The van der Waals surface area contributed by atoms with E-state index in [1.165, 1.54) is 18.2 Å². The van der Waals surface area contributed by atoms with Crippen molar-refractivity contribution in [1.29, 1.82) is 0 Å². The van der Waals surface area contributed by atoms with E-state index in [9.17, 15) is 13.2 Å². The summed E-state index contributed by atoms with van der Waals surface area (Å²) < 4.78 is 34.0. The molecule has 3 aromatic rings. The lowest BCUT2D eigenvalue weighted by Gasteiger charge is -2.19. The van der Waals surface area contributed by atoms with Crippen molar-refractivity contribution in [2.75, 3.05) is 11.9 Å². The highest BCUT2D eigenvalue weighted by Gasteiger charge is 2.27. The standard InChI is InChI=1S/C23H22Cl2N2O4S/c1-2-31-22-13-12-17(15-19(22)25)32(29,30)27-21(14-16-8-4-3-5-9-16)23(28)26-20-11-7-6-10-18(20)24/h3-13,15,21,27H,2,14H2,1H3,(H,26,28)/t21-/m1/s1. The average Bonchev–Trinajstić information content (AvgIpc) is 2.77. The molecule has 0 heterocycles. The smallest absolute Gasteiger partial charge is 0.242 e. The monoisotopic (exact) mass is 492 g/mol. The zero-order valence-electron chi connectivity index (χ0n) is 17.2. The number of para-hydroxylation sites is 1. The number of carbonyl (C=O) groups excluding carboxylic acids is 1. The van der Waals surface area contributed by atoms with Gasteiger partial charge in [0.1, 0.15) is 11.8 Å². The van der Waals surface area contributed by atoms with Crippen molar-refractivity contribution in [2.45, 2.75) is 24.3 Å². The van der Waals surface area contributed by atoms with Crippen molar-refractivity contribution in [3.05, 3.63) is 88.4 Å². The molecule has 0 fully saturated rings. The molecule has 0 aliphatic heterocycles. The van der Waals surface area contributed by atoms with Crippen LogP contribution in [0, 0.1) is 0 Å². The van der Waals surface area contributed by atoms with Crippen LogP contribution in [0.3, 0.4) is 0 Å². The van der Waals surface area contributed by atoms with Gasteiger partial charge in [-0.25, -0.2) is 8.42 Å². The Labute approximate surface area is 197 Å². The molecule has 0 bridgehead atoms. The summed E-state index contributed by atoms with van der Waals surface area (Å²) in [5, 5.41) is 3.21. The fraction of sp³-hybridized carbons (Fsp3) is 0.174. The molecule has 0 radical (unpaired) electrons. The molecule has 0 aliphatic carbocycles. The number of halogens is 2. The lowest BCUT2D eigenvalue weighted by molar-refractivity contribution is -0.117. The summed E-state index contributed by atoms with van der Waals surface area (Å²) in [7, 11) is -4.07.